The molecule has 0 amide bonds. The predicted molar refractivity (Wildman–Crippen MR) is 122 cm³/mol. The summed E-state index contributed by atoms with van der Waals surface area (Å²) in [5, 5.41) is 13.9. The third-order valence-corrected chi connectivity index (χ3v) is 6.35. The summed E-state index contributed by atoms with van der Waals surface area (Å²) in [6, 6.07) is 14.1. The molecule has 4 aromatic rings. The average Bonchev–Trinajstić information content (AvgIpc) is 3.41. The first-order valence-corrected chi connectivity index (χ1v) is 11.1. The molecule has 0 radical (unpaired) electrons. The van der Waals surface area contributed by atoms with Gasteiger partial charge in [0, 0.05) is 43.4 Å². The fourth-order valence-corrected chi connectivity index (χ4v) is 4.67. The molecule has 0 N–H and O–H groups in total. The van der Waals surface area contributed by atoms with Gasteiger partial charge in [0.05, 0.1) is 16.4 Å². The van der Waals surface area contributed by atoms with Crippen molar-refractivity contribution in [3.8, 4) is 16.9 Å². The third kappa shape index (κ3) is 4.18. The van der Waals surface area contributed by atoms with Crippen molar-refractivity contribution in [1.82, 2.24) is 29.4 Å². The number of rotatable bonds is 5. The lowest BCUT2D eigenvalue weighted by atomic mass is 9.96. The molecular formula is C24H24ClFN6. The highest BCUT2D eigenvalue weighted by Crippen LogP contribution is 2.32. The molecule has 5 rings (SSSR count). The van der Waals surface area contributed by atoms with Gasteiger partial charge in [-0.2, -0.15) is 5.10 Å². The van der Waals surface area contributed by atoms with E-state index in [9.17, 15) is 4.39 Å². The second-order valence-electron chi connectivity index (χ2n) is 8.28. The molecule has 0 bridgehead atoms. The molecule has 2 aromatic carbocycles. The molecule has 1 aliphatic rings. The van der Waals surface area contributed by atoms with Crippen LogP contribution in [0.15, 0.2) is 61.1 Å². The lowest BCUT2D eigenvalue weighted by Crippen LogP contribution is -2.34. The Bertz CT molecular complexity index is 1220. The zero-order valence-corrected chi connectivity index (χ0v) is 18.6. The van der Waals surface area contributed by atoms with Gasteiger partial charge < -0.3 is 4.57 Å². The van der Waals surface area contributed by atoms with Crippen LogP contribution in [0.4, 0.5) is 4.39 Å². The summed E-state index contributed by atoms with van der Waals surface area (Å²) in [4.78, 5) is 2.44. The monoisotopic (exact) mass is 450 g/mol. The molecule has 0 spiro atoms. The zero-order chi connectivity index (χ0) is 22.1. The van der Waals surface area contributed by atoms with Crippen LogP contribution >= 0.6 is 11.6 Å². The summed E-state index contributed by atoms with van der Waals surface area (Å²) in [5.74, 6) is 1.12. The van der Waals surface area contributed by atoms with E-state index in [1.807, 2.05) is 42.1 Å². The van der Waals surface area contributed by atoms with Gasteiger partial charge in [-0.15, -0.1) is 10.2 Å². The van der Waals surface area contributed by atoms with Crippen LogP contribution in [-0.4, -0.2) is 42.5 Å². The largest absolute Gasteiger partial charge is 0.320 e. The summed E-state index contributed by atoms with van der Waals surface area (Å²) in [7, 11) is 2.00. The van der Waals surface area contributed by atoms with Crippen LogP contribution in [0.2, 0.25) is 5.02 Å². The van der Waals surface area contributed by atoms with Crippen LogP contribution in [0.1, 0.15) is 30.1 Å². The smallest absolute Gasteiger partial charge is 0.136 e. The predicted octanol–water partition coefficient (Wildman–Crippen LogP) is 4.84. The van der Waals surface area contributed by atoms with E-state index in [1.165, 1.54) is 12.1 Å². The molecule has 164 valence electrons. The minimum Gasteiger partial charge on any atom is -0.320 e. The normalized spacial score (nSPS) is 17.0. The molecular weight excluding hydrogens is 427 g/mol. The Balaban J connectivity index is 1.47. The van der Waals surface area contributed by atoms with Crippen molar-refractivity contribution in [2.75, 3.05) is 13.1 Å². The Labute approximate surface area is 191 Å². The summed E-state index contributed by atoms with van der Waals surface area (Å²) >= 11 is 6.53. The molecule has 2 aromatic heterocycles. The van der Waals surface area contributed by atoms with E-state index in [0.29, 0.717) is 10.9 Å². The van der Waals surface area contributed by atoms with Crippen molar-refractivity contribution in [1.29, 1.82) is 0 Å². The number of hydrogen-bond donors (Lipinski definition) is 0. The summed E-state index contributed by atoms with van der Waals surface area (Å²) in [6.45, 7) is 2.67. The average molecular weight is 451 g/mol. The van der Waals surface area contributed by atoms with Crippen molar-refractivity contribution < 1.29 is 4.39 Å². The third-order valence-electron chi connectivity index (χ3n) is 6.02. The van der Waals surface area contributed by atoms with Gasteiger partial charge in [0.2, 0.25) is 0 Å². The quantitative estimate of drug-likeness (QED) is 0.436. The lowest BCUT2D eigenvalue weighted by molar-refractivity contribution is 0.195. The molecule has 0 unspecified atom stereocenters. The summed E-state index contributed by atoms with van der Waals surface area (Å²) < 4.78 is 17.2. The van der Waals surface area contributed by atoms with E-state index < -0.39 is 0 Å². The first-order chi connectivity index (χ1) is 15.6. The molecule has 1 atom stereocenters. The SMILES string of the molecule is Cn1cnnc1[C@H]1CCCN(Cc2cn(-c3ccc(F)cc3)nc2-c2ccccc2Cl)C1. The number of aromatic nitrogens is 5. The van der Waals surface area contributed by atoms with Gasteiger partial charge in [-0.1, -0.05) is 29.8 Å². The van der Waals surface area contributed by atoms with E-state index in [-0.39, 0.29) is 5.82 Å². The van der Waals surface area contributed by atoms with Crippen LogP contribution in [0, 0.1) is 5.82 Å². The second-order valence-corrected chi connectivity index (χ2v) is 8.69. The highest BCUT2D eigenvalue weighted by molar-refractivity contribution is 6.33. The number of hydrogen-bond acceptors (Lipinski definition) is 4. The molecule has 32 heavy (non-hydrogen) atoms. The maximum absolute atomic E-state index is 13.4. The first-order valence-electron chi connectivity index (χ1n) is 10.7. The Morgan fingerprint density at radius 2 is 1.94 bits per heavy atom. The Morgan fingerprint density at radius 3 is 2.69 bits per heavy atom. The number of benzene rings is 2. The van der Waals surface area contributed by atoms with Crippen LogP contribution in [0.3, 0.4) is 0 Å². The standard InChI is InChI=1S/C24H24ClFN6/c1-30-16-27-28-24(30)17-5-4-12-31(13-17)14-18-15-32(20-10-8-19(26)9-11-20)29-23(18)21-6-2-3-7-22(21)25/h2-3,6-11,15-17H,4-5,12-14H2,1H3/t17-/m0/s1. The fourth-order valence-electron chi connectivity index (χ4n) is 4.44. The Hall–Kier alpha value is -3.03. The van der Waals surface area contributed by atoms with Crippen molar-refractivity contribution in [3.63, 3.8) is 0 Å². The van der Waals surface area contributed by atoms with Gasteiger partial charge in [0.15, 0.2) is 0 Å². The maximum atomic E-state index is 13.4. The fraction of sp³-hybridized carbons (Fsp3) is 0.292. The van der Waals surface area contributed by atoms with Crippen molar-refractivity contribution in [2.24, 2.45) is 7.05 Å². The molecule has 1 saturated heterocycles. The minimum absolute atomic E-state index is 0.268. The number of likely N-dealkylation sites (tertiary alicyclic amines) is 1. The van der Waals surface area contributed by atoms with Crippen LogP contribution in [-0.2, 0) is 13.6 Å². The second kappa shape index (κ2) is 8.84. The van der Waals surface area contributed by atoms with Gasteiger partial charge in [-0.25, -0.2) is 9.07 Å². The molecule has 6 nitrogen and oxygen atoms in total. The lowest BCUT2D eigenvalue weighted by Gasteiger charge is -2.32. The molecule has 0 saturated carbocycles. The van der Waals surface area contributed by atoms with Crippen LogP contribution in [0.25, 0.3) is 16.9 Å². The zero-order valence-electron chi connectivity index (χ0n) is 17.8. The van der Waals surface area contributed by atoms with Crippen LogP contribution in [0.5, 0.6) is 0 Å². The van der Waals surface area contributed by atoms with E-state index >= 15 is 0 Å². The van der Waals surface area contributed by atoms with E-state index in [2.05, 4.69) is 15.1 Å². The van der Waals surface area contributed by atoms with Crippen molar-refractivity contribution >= 4 is 11.6 Å². The highest BCUT2D eigenvalue weighted by atomic mass is 35.5. The number of nitrogens with zero attached hydrogens (tertiary/aromatic N) is 6. The number of piperidine rings is 1. The van der Waals surface area contributed by atoms with Gasteiger partial charge >= 0.3 is 0 Å². The topological polar surface area (TPSA) is 51.8 Å². The van der Waals surface area contributed by atoms with Gasteiger partial charge in [0.1, 0.15) is 18.0 Å². The molecule has 1 fully saturated rings. The number of aryl methyl sites for hydroxylation is 1. The van der Waals surface area contributed by atoms with Gasteiger partial charge in [-0.3, -0.25) is 4.90 Å². The summed E-state index contributed by atoms with van der Waals surface area (Å²) in [6.07, 6.45) is 5.99. The molecule has 0 aliphatic carbocycles. The van der Waals surface area contributed by atoms with Crippen molar-refractivity contribution in [2.45, 2.75) is 25.3 Å². The minimum atomic E-state index is -0.268. The summed E-state index contributed by atoms with van der Waals surface area (Å²) in [5.41, 5.74) is 3.63. The highest BCUT2D eigenvalue weighted by Gasteiger charge is 2.26. The van der Waals surface area contributed by atoms with Crippen molar-refractivity contribution in [3.05, 3.63) is 83.3 Å². The van der Waals surface area contributed by atoms with E-state index in [4.69, 9.17) is 16.7 Å². The molecule has 1 aliphatic heterocycles. The van der Waals surface area contributed by atoms with Gasteiger partial charge in [-0.05, 0) is 49.7 Å². The van der Waals surface area contributed by atoms with Crippen LogP contribution < -0.4 is 0 Å². The molecule has 8 heteroatoms. The Morgan fingerprint density at radius 1 is 1.12 bits per heavy atom. The Kier molecular flexibility index (Phi) is 5.76. The first kappa shape index (κ1) is 20.8. The number of halogens is 2. The van der Waals surface area contributed by atoms with Gasteiger partial charge in [0.25, 0.3) is 0 Å². The molecule has 3 heterocycles. The van der Waals surface area contributed by atoms with E-state index in [0.717, 1.165) is 60.8 Å². The van der Waals surface area contributed by atoms with E-state index in [1.54, 1.807) is 23.1 Å². The maximum Gasteiger partial charge on any atom is 0.136 e.